The quantitative estimate of drug-likeness (QED) is 0.489. The Labute approximate surface area is 213 Å². The first-order valence-electron chi connectivity index (χ1n) is 11.8. The summed E-state index contributed by atoms with van der Waals surface area (Å²) in [4.78, 5) is 40.8. The smallest absolute Gasteiger partial charge is 0.408 e. The maximum absolute atomic E-state index is 13.6. The second-order valence-corrected chi connectivity index (χ2v) is 9.82. The third-order valence-corrected chi connectivity index (χ3v) is 5.78. The number of alkyl carbamates (subject to hydrolysis) is 1. The summed E-state index contributed by atoms with van der Waals surface area (Å²) >= 11 is 6.34. The number of para-hydroxylation sites is 1. The maximum Gasteiger partial charge on any atom is 0.408 e. The maximum atomic E-state index is 13.6. The number of hydrogen-bond acceptors (Lipinski definition) is 4. The molecule has 0 aliphatic rings. The van der Waals surface area contributed by atoms with Crippen LogP contribution in [0.1, 0.15) is 64.3 Å². The van der Waals surface area contributed by atoms with Crippen LogP contribution in [0.2, 0.25) is 5.02 Å². The van der Waals surface area contributed by atoms with Gasteiger partial charge in [-0.05, 0) is 70.7 Å². The molecule has 2 aromatic carbocycles. The highest BCUT2D eigenvalue weighted by Crippen LogP contribution is 2.29. The zero-order valence-electron chi connectivity index (χ0n) is 21.6. The molecule has 2 unspecified atom stereocenters. The van der Waals surface area contributed by atoms with Crippen molar-refractivity contribution in [2.75, 3.05) is 11.9 Å². The average molecular weight is 502 g/mol. The molecule has 0 aliphatic heterocycles. The molecular formula is C27H36ClN3O4. The van der Waals surface area contributed by atoms with Crippen LogP contribution >= 0.6 is 11.6 Å². The molecule has 0 aliphatic carbocycles. The van der Waals surface area contributed by atoms with Gasteiger partial charge in [0.25, 0.3) is 5.91 Å². The van der Waals surface area contributed by atoms with Crippen molar-refractivity contribution in [1.82, 2.24) is 10.2 Å². The molecule has 8 heteroatoms. The molecule has 0 heterocycles. The first-order valence-corrected chi connectivity index (χ1v) is 12.2. The van der Waals surface area contributed by atoms with Crippen LogP contribution in [-0.2, 0) is 20.7 Å². The third kappa shape index (κ3) is 7.72. The predicted molar refractivity (Wildman–Crippen MR) is 140 cm³/mol. The molecule has 2 rings (SSSR count). The second-order valence-electron chi connectivity index (χ2n) is 9.41. The lowest BCUT2D eigenvalue weighted by atomic mass is 10.0. The Morgan fingerprint density at radius 2 is 1.69 bits per heavy atom. The molecule has 0 radical (unpaired) electrons. The van der Waals surface area contributed by atoms with Crippen molar-refractivity contribution in [3.8, 4) is 0 Å². The molecule has 3 amide bonds. The van der Waals surface area contributed by atoms with Crippen molar-refractivity contribution >= 4 is 35.2 Å². The summed E-state index contributed by atoms with van der Waals surface area (Å²) in [5.74, 6) is -0.806. The Morgan fingerprint density at radius 1 is 1.06 bits per heavy atom. The van der Waals surface area contributed by atoms with Gasteiger partial charge in [-0.2, -0.15) is 0 Å². The number of carbonyl (C=O) groups excluding carboxylic acids is 3. The Bertz CT molecular complexity index is 1030. The molecule has 0 saturated carbocycles. The normalized spacial score (nSPS) is 12.9. The first-order chi connectivity index (χ1) is 16.4. The topological polar surface area (TPSA) is 87.7 Å². The van der Waals surface area contributed by atoms with E-state index in [0.717, 1.165) is 17.5 Å². The number of nitrogens with zero attached hydrogens (tertiary/aromatic N) is 1. The van der Waals surface area contributed by atoms with Gasteiger partial charge in [0.05, 0.1) is 10.7 Å². The highest BCUT2D eigenvalue weighted by Gasteiger charge is 2.34. The fourth-order valence-electron chi connectivity index (χ4n) is 3.65. The Kier molecular flexibility index (Phi) is 9.72. The van der Waals surface area contributed by atoms with Gasteiger partial charge < -0.3 is 20.3 Å². The monoisotopic (exact) mass is 501 g/mol. The Hall–Kier alpha value is -3.06. The number of benzene rings is 2. The lowest BCUT2D eigenvalue weighted by molar-refractivity contribution is -0.140. The molecule has 0 aromatic heterocycles. The molecule has 0 fully saturated rings. The minimum absolute atomic E-state index is 0.244. The van der Waals surface area contributed by atoms with E-state index in [1.54, 1.807) is 46.8 Å². The summed E-state index contributed by atoms with van der Waals surface area (Å²) in [7, 11) is 0. The molecule has 35 heavy (non-hydrogen) atoms. The number of rotatable bonds is 8. The van der Waals surface area contributed by atoms with Crippen molar-refractivity contribution < 1.29 is 19.1 Å². The Morgan fingerprint density at radius 3 is 2.20 bits per heavy atom. The molecule has 190 valence electrons. The highest BCUT2D eigenvalue weighted by atomic mass is 35.5. The van der Waals surface area contributed by atoms with Crippen LogP contribution in [0, 0.1) is 6.92 Å². The van der Waals surface area contributed by atoms with E-state index >= 15 is 0 Å². The van der Waals surface area contributed by atoms with Crippen molar-refractivity contribution in [2.45, 2.75) is 72.6 Å². The number of nitrogens with one attached hydrogen (secondary N) is 2. The summed E-state index contributed by atoms with van der Waals surface area (Å²) in [6.45, 7) is 12.7. The fourth-order valence-corrected chi connectivity index (χ4v) is 3.92. The molecule has 2 aromatic rings. The van der Waals surface area contributed by atoms with Crippen molar-refractivity contribution in [1.29, 1.82) is 0 Å². The number of carbonyl (C=O) groups is 3. The van der Waals surface area contributed by atoms with Gasteiger partial charge in [0, 0.05) is 6.54 Å². The summed E-state index contributed by atoms with van der Waals surface area (Å²) in [5, 5.41) is 5.90. The summed E-state index contributed by atoms with van der Waals surface area (Å²) in [5.41, 5.74) is 2.37. The van der Waals surface area contributed by atoms with E-state index in [0.29, 0.717) is 16.3 Å². The number of ether oxygens (including phenoxy) is 1. The summed E-state index contributed by atoms with van der Waals surface area (Å²) < 4.78 is 5.28. The van der Waals surface area contributed by atoms with Crippen LogP contribution in [0.3, 0.4) is 0 Å². The van der Waals surface area contributed by atoms with E-state index in [1.165, 1.54) is 4.90 Å². The number of amides is 3. The van der Waals surface area contributed by atoms with Crippen LogP contribution < -0.4 is 10.6 Å². The number of likely N-dealkylation sites (N-methyl/N-ethyl adjacent to an activating group) is 1. The van der Waals surface area contributed by atoms with Gasteiger partial charge in [0.2, 0.25) is 5.91 Å². The molecule has 0 spiro atoms. The molecule has 2 N–H and O–H groups in total. The molecular weight excluding hydrogens is 466 g/mol. The van der Waals surface area contributed by atoms with Gasteiger partial charge in [0.15, 0.2) is 0 Å². The van der Waals surface area contributed by atoms with E-state index in [1.807, 2.05) is 44.2 Å². The molecule has 0 bridgehead atoms. The Balaban J connectivity index is 2.40. The minimum Gasteiger partial charge on any atom is -0.444 e. The van der Waals surface area contributed by atoms with Crippen LogP contribution in [0.15, 0.2) is 42.5 Å². The van der Waals surface area contributed by atoms with Crippen LogP contribution in [0.4, 0.5) is 10.5 Å². The van der Waals surface area contributed by atoms with Crippen molar-refractivity contribution in [3.63, 3.8) is 0 Å². The molecule has 0 saturated heterocycles. The van der Waals surface area contributed by atoms with E-state index in [2.05, 4.69) is 10.6 Å². The van der Waals surface area contributed by atoms with Crippen LogP contribution in [0.5, 0.6) is 0 Å². The van der Waals surface area contributed by atoms with Gasteiger partial charge in [-0.15, -0.1) is 0 Å². The lowest BCUT2D eigenvalue weighted by Gasteiger charge is -2.33. The van der Waals surface area contributed by atoms with Crippen LogP contribution in [0.25, 0.3) is 0 Å². The largest absolute Gasteiger partial charge is 0.444 e. The van der Waals surface area contributed by atoms with Crippen molar-refractivity contribution in [2.24, 2.45) is 0 Å². The van der Waals surface area contributed by atoms with Gasteiger partial charge in [0.1, 0.15) is 17.7 Å². The zero-order chi connectivity index (χ0) is 26.3. The van der Waals surface area contributed by atoms with Crippen molar-refractivity contribution in [3.05, 3.63) is 64.2 Å². The van der Waals surface area contributed by atoms with Gasteiger partial charge >= 0.3 is 6.09 Å². The standard InChI is InChI=1S/C27H36ClN3O4/c1-8-19-13-15-20(16-14-19)23(24(32)30-22-17(3)11-10-12-21(22)28)31(9-2)25(33)18(4)29-26(34)35-27(5,6)7/h10-16,18,23H,8-9H2,1-7H3,(H,29,34)(H,30,32). The highest BCUT2D eigenvalue weighted by molar-refractivity contribution is 6.34. The fraction of sp³-hybridized carbons (Fsp3) is 0.444. The van der Waals surface area contributed by atoms with Crippen LogP contribution in [-0.4, -0.2) is 41.0 Å². The molecule has 7 nitrogen and oxygen atoms in total. The molecule has 2 atom stereocenters. The number of aryl methyl sites for hydroxylation is 2. The average Bonchev–Trinajstić information content (AvgIpc) is 2.78. The zero-order valence-corrected chi connectivity index (χ0v) is 22.3. The number of hydrogen-bond donors (Lipinski definition) is 2. The van der Waals surface area contributed by atoms with E-state index in [4.69, 9.17) is 16.3 Å². The SMILES string of the molecule is CCc1ccc(C(C(=O)Nc2c(C)cccc2Cl)N(CC)C(=O)C(C)NC(=O)OC(C)(C)C)cc1. The van der Waals surface area contributed by atoms with E-state index in [9.17, 15) is 14.4 Å². The third-order valence-electron chi connectivity index (χ3n) is 5.46. The summed E-state index contributed by atoms with van der Waals surface area (Å²) in [6.07, 6.45) is 0.151. The lowest BCUT2D eigenvalue weighted by Crippen LogP contribution is -2.51. The van der Waals surface area contributed by atoms with Gasteiger partial charge in [-0.1, -0.05) is 54.9 Å². The number of halogens is 1. The predicted octanol–water partition coefficient (Wildman–Crippen LogP) is 5.65. The first kappa shape index (κ1) is 28.2. The second kappa shape index (κ2) is 12.1. The van der Waals surface area contributed by atoms with E-state index < -0.39 is 35.6 Å². The number of anilines is 1. The summed E-state index contributed by atoms with van der Waals surface area (Å²) in [6, 6.07) is 11.1. The van der Waals surface area contributed by atoms with Gasteiger partial charge in [-0.3, -0.25) is 9.59 Å². The van der Waals surface area contributed by atoms with Gasteiger partial charge in [-0.25, -0.2) is 4.79 Å². The van der Waals surface area contributed by atoms with E-state index in [-0.39, 0.29) is 6.54 Å². The minimum atomic E-state index is -0.933.